The third-order valence-electron chi connectivity index (χ3n) is 1.68. The molecule has 11 heavy (non-hydrogen) atoms. The Morgan fingerprint density at radius 1 is 1.45 bits per heavy atom. The Hall–Kier alpha value is -0.760. The molecule has 0 amide bonds. The lowest BCUT2D eigenvalue weighted by atomic mass is 9.89. The van der Waals surface area contributed by atoms with Crippen LogP contribution in [0.1, 0.15) is 32.1 Å². The lowest BCUT2D eigenvalue weighted by Crippen LogP contribution is -2.09. The second-order valence-electron chi connectivity index (χ2n) is 3.71. The van der Waals surface area contributed by atoms with Crippen LogP contribution in [0, 0.1) is 0 Å². The van der Waals surface area contributed by atoms with Gasteiger partial charge in [0.05, 0.1) is 6.26 Å². The van der Waals surface area contributed by atoms with Crippen molar-refractivity contribution in [1.82, 2.24) is 0 Å². The molecule has 0 aliphatic rings. The fourth-order valence-electron chi connectivity index (χ4n) is 0.857. The van der Waals surface area contributed by atoms with Crippen molar-refractivity contribution in [3.05, 3.63) is 23.7 Å². The lowest BCUT2D eigenvalue weighted by Gasteiger charge is -2.14. The number of aliphatic hydroxyl groups excluding tert-OH is 1. The van der Waals surface area contributed by atoms with Gasteiger partial charge in [-0.3, -0.25) is 0 Å². The number of hydrogen-bond acceptors (Lipinski definition) is 2. The maximum Gasteiger partial charge on any atom is 0.129 e. The third-order valence-corrected chi connectivity index (χ3v) is 1.68. The van der Waals surface area contributed by atoms with E-state index in [2.05, 4.69) is 20.8 Å². The van der Waals surface area contributed by atoms with Gasteiger partial charge in [0.2, 0.25) is 0 Å². The third kappa shape index (κ3) is 1.84. The molecule has 1 aromatic heterocycles. The van der Waals surface area contributed by atoms with E-state index in [-0.39, 0.29) is 12.0 Å². The van der Waals surface area contributed by atoms with Crippen molar-refractivity contribution in [2.24, 2.45) is 0 Å². The molecule has 1 rings (SSSR count). The van der Waals surface area contributed by atoms with Crippen molar-refractivity contribution < 1.29 is 9.52 Å². The van der Waals surface area contributed by atoms with Gasteiger partial charge in [-0.05, 0) is 17.0 Å². The van der Waals surface area contributed by atoms with Gasteiger partial charge in [0.25, 0.3) is 0 Å². The van der Waals surface area contributed by atoms with Crippen molar-refractivity contribution in [1.29, 1.82) is 0 Å². The first-order valence-electron chi connectivity index (χ1n) is 3.73. The molecule has 0 bridgehead atoms. The highest BCUT2D eigenvalue weighted by molar-refractivity contribution is 5.20. The normalized spacial score (nSPS) is 12.0. The standard InChI is InChI=1S/C9H14O2/c1-9(2,3)7-4-8(5-10)11-6-7/h4,6,10H,5H2,1-3H3. The molecule has 0 radical (unpaired) electrons. The van der Waals surface area contributed by atoms with Crippen LogP contribution in [0.5, 0.6) is 0 Å². The van der Waals surface area contributed by atoms with E-state index in [0.717, 1.165) is 5.56 Å². The SMILES string of the molecule is CC(C)(C)c1coc(CO)c1. The van der Waals surface area contributed by atoms with Gasteiger partial charge in [-0.25, -0.2) is 0 Å². The van der Waals surface area contributed by atoms with E-state index in [1.54, 1.807) is 6.26 Å². The van der Waals surface area contributed by atoms with Gasteiger partial charge in [0.15, 0.2) is 0 Å². The zero-order valence-corrected chi connectivity index (χ0v) is 7.22. The molecule has 0 saturated carbocycles. The minimum atomic E-state index is -0.0178. The molecule has 62 valence electrons. The number of furan rings is 1. The first kappa shape index (κ1) is 8.34. The van der Waals surface area contributed by atoms with Gasteiger partial charge in [0, 0.05) is 0 Å². The summed E-state index contributed by atoms with van der Waals surface area (Å²) in [6, 6.07) is 1.89. The molecule has 1 aromatic rings. The van der Waals surface area contributed by atoms with E-state index in [0.29, 0.717) is 5.76 Å². The molecule has 2 heteroatoms. The zero-order chi connectivity index (χ0) is 8.48. The van der Waals surface area contributed by atoms with E-state index < -0.39 is 0 Å². The predicted octanol–water partition coefficient (Wildman–Crippen LogP) is 2.07. The molecule has 0 aliphatic carbocycles. The molecule has 0 unspecified atom stereocenters. The molecule has 0 aliphatic heterocycles. The van der Waals surface area contributed by atoms with Crippen LogP contribution in [0.4, 0.5) is 0 Å². The summed E-state index contributed by atoms with van der Waals surface area (Å²) in [7, 11) is 0. The molecular formula is C9H14O2. The Balaban J connectivity index is 2.89. The molecule has 0 aromatic carbocycles. The average molecular weight is 154 g/mol. The minimum Gasteiger partial charge on any atom is -0.467 e. The molecule has 1 heterocycles. The molecule has 0 saturated heterocycles. The summed E-state index contributed by atoms with van der Waals surface area (Å²) in [4.78, 5) is 0. The van der Waals surface area contributed by atoms with Crippen LogP contribution in [-0.4, -0.2) is 5.11 Å². The van der Waals surface area contributed by atoms with Gasteiger partial charge < -0.3 is 9.52 Å². The van der Waals surface area contributed by atoms with Crippen LogP contribution in [0.3, 0.4) is 0 Å². The molecule has 0 fully saturated rings. The fourth-order valence-corrected chi connectivity index (χ4v) is 0.857. The van der Waals surface area contributed by atoms with Crippen molar-refractivity contribution in [3.8, 4) is 0 Å². The molecule has 0 atom stereocenters. The Morgan fingerprint density at radius 2 is 2.09 bits per heavy atom. The van der Waals surface area contributed by atoms with Gasteiger partial charge in [-0.2, -0.15) is 0 Å². The summed E-state index contributed by atoms with van der Waals surface area (Å²) in [5, 5.41) is 8.72. The van der Waals surface area contributed by atoms with Crippen molar-refractivity contribution in [3.63, 3.8) is 0 Å². The Morgan fingerprint density at radius 3 is 2.36 bits per heavy atom. The lowest BCUT2D eigenvalue weighted by molar-refractivity contribution is 0.247. The first-order chi connectivity index (χ1) is 5.04. The van der Waals surface area contributed by atoms with Gasteiger partial charge >= 0.3 is 0 Å². The van der Waals surface area contributed by atoms with Gasteiger partial charge in [-0.15, -0.1) is 0 Å². The average Bonchev–Trinajstić information content (AvgIpc) is 2.32. The Labute approximate surface area is 66.8 Å². The van der Waals surface area contributed by atoms with Crippen molar-refractivity contribution in [2.45, 2.75) is 32.8 Å². The maximum atomic E-state index is 8.72. The molecule has 2 nitrogen and oxygen atoms in total. The van der Waals surface area contributed by atoms with E-state index in [9.17, 15) is 0 Å². The van der Waals surface area contributed by atoms with Crippen molar-refractivity contribution >= 4 is 0 Å². The van der Waals surface area contributed by atoms with E-state index in [1.165, 1.54) is 0 Å². The van der Waals surface area contributed by atoms with Crippen LogP contribution in [0.15, 0.2) is 16.7 Å². The number of rotatable bonds is 1. The van der Waals surface area contributed by atoms with Crippen LogP contribution in [-0.2, 0) is 12.0 Å². The van der Waals surface area contributed by atoms with Crippen LogP contribution < -0.4 is 0 Å². The topological polar surface area (TPSA) is 33.4 Å². The smallest absolute Gasteiger partial charge is 0.129 e. The number of hydrogen-bond donors (Lipinski definition) is 1. The maximum absolute atomic E-state index is 8.72. The zero-order valence-electron chi connectivity index (χ0n) is 7.22. The summed E-state index contributed by atoms with van der Waals surface area (Å²) >= 11 is 0. The summed E-state index contributed by atoms with van der Waals surface area (Å²) < 4.78 is 5.09. The summed E-state index contributed by atoms with van der Waals surface area (Å²) in [5.41, 5.74) is 1.23. The fraction of sp³-hybridized carbons (Fsp3) is 0.556. The van der Waals surface area contributed by atoms with Crippen LogP contribution in [0.2, 0.25) is 0 Å². The largest absolute Gasteiger partial charge is 0.467 e. The summed E-state index contributed by atoms with van der Waals surface area (Å²) in [6.07, 6.45) is 1.70. The second kappa shape index (κ2) is 2.70. The second-order valence-corrected chi connectivity index (χ2v) is 3.71. The first-order valence-corrected chi connectivity index (χ1v) is 3.73. The molecule has 1 N–H and O–H groups in total. The Kier molecular flexibility index (Phi) is 2.05. The number of aliphatic hydroxyl groups is 1. The summed E-state index contributed by atoms with van der Waals surface area (Å²) in [6.45, 7) is 6.31. The molecular weight excluding hydrogens is 140 g/mol. The Bertz CT molecular complexity index is 230. The quantitative estimate of drug-likeness (QED) is 0.671. The highest BCUT2D eigenvalue weighted by Gasteiger charge is 2.15. The highest BCUT2D eigenvalue weighted by atomic mass is 16.4. The van der Waals surface area contributed by atoms with E-state index in [1.807, 2.05) is 6.07 Å². The molecule has 0 spiro atoms. The monoisotopic (exact) mass is 154 g/mol. The van der Waals surface area contributed by atoms with E-state index in [4.69, 9.17) is 9.52 Å². The van der Waals surface area contributed by atoms with E-state index >= 15 is 0 Å². The van der Waals surface area contributed by atoms with Crippen LogP contribution in [0.25, 0.3) is 0 Å². The van der Waals surface area contributed by atoms with Crippen LogP contribution >= 0.6 is 0 Å². The highest BCUT2D eigenvalue weighted by Crippen LogP contribution is 2.23. The van der Waals surface area contributed by atoms with Gasteiger partial charge in [0.1, 0.15) is 12.4 Å². The van der Waals surface area contributed by atoms with Gasteiger partial charge in [-0.1, -0.05) is 20.8 Å². The minimum absolute atomic E-state index is 0.0178. The summed E-state index contributed by atoms with van der Waals surface area (Å²) in [5.74, 6) is 0.634. The predicted molar refractivity (Wildman–Crippen MR) is 43.3 cm³/mol. The van der Waals surface area contributed by atoms with Crippen molar-refractivity contribution in [2.75, 3.05) is 0 Å².